The van der Waals surface area contributed by atoms with Gasteiger partial charge < -0.3 is 5.11 Å². The van der Waals surface area contributed by atoms with Gasteiger partial charge in [0.15, 0.2) is 0 Å². The average Bonchev–Trinajstić information content (AvgIpc) is 2.27. The van der Waals surface area contributed by atoms with Crippen LogP contribution in [0.2, 0.25) is 0 Å². The summed E-state index contributed by atoms with van der Waals surface area (Å²) < 4.78 is 38.2. The first kappa shape index (κ1) is 15.0. The summed E-state index contributed by atoms with van der Waals surface area (Å²) in [5.74, 6) is -3.05. The Morgan fingerprint density at radius 1 is 1.26 bits per heavy atom. The normalized spacial score (nSPS) is 12.8. The Hall–Kier alpha value is -2.05. The van der Waals surface area contributed by atoms with Crippen molar-refractivity contribution in [3.05, 3.63) is 35.9 Å². The maximum atomic E-state index is 12.7. The number of hydrogen-bond acceptors (Lipinski definition) is 2. The van der Waals surface area contributed by atoms with Crippen molar-refractivity contribution < 1.29 is 27.9 Å². The lowest BCUT2D eigenvalue weighted by Gasteiger charge is -2.29. The Morgan fingerprint density at radius 3 is 2.16 bits per heavy atom. The fourth-order valence-electron chi connectivity index (χ4n) is 1.70. The Balaban J connectivity index is 3.06. The number of amides is 1. The fourth-order valence-corrected chi connectivity index (χ4v) is 1.70. The lowest BCUT2D eigenvalue weighted by molar-refractivity contribution is -0.251. The van der Waals surface area contributed by atoms with Crippen LogP contribution in [0.3, 0.4) is 0 Å². The van der Waals surface area contributed by atoms with Gasteiger partial charge in [0.2, 0.25) is 5.91 Å². The van der Waals surface area contributed by atoms with Crippen LogP contribution < -0.4 is 0 Å². The van der Waals surface area contributed by atoms with Crippen LogP contribution in [0.15, 0.2) is 30.3 Å². The molecule has 0 fully saturated rings. The van der Waals surface area contributed by atoms with E-state index in [0.717, 1.165) is 0 Å². The van der Waals surface area contributed by atoms with E-state index in [1.165, 1.54) is 12.1 Å². The monoisotopic (exact) mass is 275 g/mol. The summed E-state index contributed by atoms with van der Waals surface area (Å²) in [6.45, 7) is 0.689. The molecule has 19 heavy (non-hydrogen) atoms. The zero-order valence-corrected chi connectivity index (χ0v) is 10.0. The molecule has 0 saturated heterocycles. The van der Waals surface area contributed by atoms with Crippen LogP contribution in [0.1, 0.15) is 12.5 Å². The standard InChI is InChI=1S/C12H12F3NO3/c1-8(17)16(12(13,14)15)10(11(18)19)7-9-5-3-2-4-6-9/h2-6,10H,7H2,1H3,(H,18,19)/t10-/m0/s1. The largest absolute Gasteiger partial charge is 0.487 e. The number of carbonyl (C=O) groups is 2. The van der Waals surface area contributed by atoms with E-state index in [4.69, 9.17) is 5.11 Å². The molecular formula is C12H12F3NO3. The predicted octanol–water partition coefficient (Wildman–Crippen LogP) is 2.05. The fraction of sp³-hybridized carbons (Fsp3) is 0.333. The molecule has 7 heteroatoms. The van der Waals surface area contributed by atoms with Crippen LogP contribution in [-0.4, -0.2) is 34.2 Å². The smallest absolute Gasteiger partial charge is 0.480 e. The van der Waals surface area contributed by atoms with Gasteiger partial charge in [-0.2, -0.15) is 0 Å². The lowest BCUT2D eigenvalue weighted by atomic mass is 10.0. The number of hydrogen-bond donors (Lipinski definition) is 1. The van der Waals surface area contributed by atoms with Crippen molar-refractivity contribution in [3.8, 4) is 0 Å². The summed E-state index contributed by atoms with van der Waals surface area (Å²) in [4.78, 5) is 21.5. The van der Waals surface area contributed by atoms with Crippen molar-refractivity contribution in [1.82, 2.24) is 4.90 Å². The van der Waals surface area contributed by atoms with E-state index in [9.17, 15) is 22.8 Å². The Labute approximate surface area is 107 Å². The summed E-state index contributed by atoms with van der Waals surface area (Å²) >= 11 is 0. The van der Waals surface area contributed by atoms with Crippen molar-refractivity contribution in [2.45, 2.75) is 25.7 Å². The third kappa shape index (κ3) is 3.97. The number of halogens is 3. The molecule has 0 aliphatic carbocycles. The van der Waals surface area contributed by atoms with Gasteiger partial charge in [0, 0.05) is 13.3 Å². The van der Waals surface area contributed by atoms with Crippen molar-refractivity contribution in [3.63, 3.8) is 0 Å². The van der Waals surface area contributed by atoms with E-state index in [-0.39, 0.29) is 0 Å². The number of carboxylic acid groups (broad SMARTS) is 1. The molecule has 1 atom stereocenters. The molecule has 1 aromatic carbocycles. The molecule has 0 aromatic heterocycles. The van der Waals surface area contributed by atoms with Crippen LogP contribution >= 0.6 is 0 Å². The van der Waals surface area contributed by atoms with Gasteiger partial charge in [0.05, 0.1) is 0 Å². The summed E-state index contributed by atoms with van der Waals surface area (Å²) in [6, 6.07) is 5.86. The molecule has 104 valence electrons. The van der Waals surface area contributed by atoms with Crippen LogP contribution in [0.25, 0.3) is 0 Å². The van der Waals surface area contributed by atoms with E-state index < -0.39 is 35.5 Å². The molecule has 0 bridgehead atoms. The number of rotatable bonds is 4. The van der Waals surface area contributed by atoms with Gasteiger partial charge in [-0.15, -0.1) is 13.2 Å². The highest BCUT2D eigenvalue weighted by atomic mass is 19.4. The second-order valence-corrected chi connectivity index (χ2v) is 3.90. The number of aliphatic carboxylic acids is 1. The molecule has 0 radical (unpaired) electrons. The van der Waals surface area contributed by atoms with Crippen LogP contribution in [0.5, 0.6) is 0 Å². The first-order valence-electron chi connectivity index (χ1n) is 5.37. The minimum atomic E-state index is -5.02. The highest BCUT2D eigenvalue weighted by Gasteiger charge is 2.46. The Bertz CT molecular complexity index is 459. The van der Waals surface area contributed by atoms with Gasteiger partial charge in [-0.05, 0) is 5.56 Å². The van der Waals surface area contributed by atoms with E-state index in [2.05, 4.69) is 0 Å². The van der Waals surface area contributed by atoms with Gasteiger partial charge in [-0.3, -0.25) is 4.79 Å². The lowest BCUT2D eigenvalue weighted by Crippen LogP contribution is -2.52. The number of carboxylic acids is 1. The molecule has 0 saturated carbocycles. The SMILES string of the molecule is CC(=O)N([C@@H](Cc1ccccc1)C(=O)O)C(F)(F)F. The van der Waals surface area contributed by atoms with E-state index in [1.807, 2.05) is 0 Å². The maximum absolute atomic E-state index is 12.7. The van der Waals surface area contributed by atoms with Crippen LogP contribution in [0.4, 0.5) is 13.2 Å². The van der Waals surface area contributed by atoms with Crippen LogP contribution in [-0.2, 0) is 16.0 Å². The van der Waals surface area contributed by atoms with Gasteiger partial charge in [-0.1, -0.05) is 30.3 Å². The molecule has 0 heterocycles. The summed E-state index contributed by atoms with van der Waals surface area (Å²) in [5.41, 5.74) is 0.408. The number of nitrogens with zero attached hydrogens (tertiary/aromatic N) is 1. The van der Waals surface area contributed by atoms with Gasteiger partial charge in [0.25, 0.3) is 0 Å². The van der Waals surface area contributed by atoms with Gasteiger partial charge in [-0.25, -0.2) is 9.69 Å². The Morgan fingerprint density at radius 2 is 1.79 bits per heavy atom. The molecule has 0 unspecified atom stereocenters. The van der Waals surface area contributed by atoms with E-state index >= 15 is 0 Å². The summed E-state index contributed by atoms with van der Waals surface area (Å²) in [5, 5.41) is 8.92. The van der Waals surface area contributed by atoms with Crippen LogP contribution in [0, 0.1) is 0 Å². The molecule has 0 aliphatic rings. The minimum Gasteiger partial charge on any atom is -0.480 e. The zero-order valence-electron chi connectivity index (χ0n) is 10.0. The third-order valence-electron chi connectivity index (χ3n) is 2.48. The molecular weight excluding hydrogens is 263 g/mol. The van der Waals surface area contributed by atoms with Gasteiger partial charge >= 0.3 is 12.3 Å². The molecule has 1 rings (SSSR count). The van der Waals surface area contributed by atoms with E-state index in [1.54, 1.807) is 18.2 Å². The minimum absolute atomic E-state index is 0.407. The molecule has 1 aromatic rings. The van der Waals surface area contributed by atoms with E-state index in [0.29, 0.717) is 12.5 Å². The average molecular weight is 275 g/mol. The van der Waals surface area contributed by atoms with Crippen molar-refractivity contribution in [1.29, 1.82) is 0 Å². The highest BCUT2D eigenvalue weighted by molar-refractivity contribution is 5.82. The quantitative estimate of drug-likeness (QED) is 0.856. The van der Waals surface area contributed by atoms with Crippen molar-refractivity contribution in [2.75, 3.05) is 0 Å². The second kappa shape index (κ2) is 5.73. The molecule has 1 N–H and O–H groups in total. The highest BCUT2D eigenvalue weighted by Crippen LogP contribution is 2.26. The zero-order chi connectivity index (χ0) is 14.6. The van der Waals surface area contributed by atoms with Crippen molar-refractivity contribution >= 4 is 11.9 Å². The molecule has 4 nitrogen and oxygen atoms in total. The molecule has 1 amide bonds. The summed E-state index contributed by atoms with van der Waals surface area (Å²) in [6.07, 6.45) is -5.43. The first-order valence-corrected chi connectivity index (χ1v) is 5.37. The Kier molecular flexibility index (Phi) is 4.52. The predicted molar refractivity (Wildman–Crippen MR) is 60.1 cm³/mol. The second-order valence-electron chi connectivity index (χ2n) is 3.90. The maximum Gasteiger partial charge on any atom is 0.487 e. The van der Waals surface area contributed by atoms with Crippen molar-refractivity contribution in [2.24, 2.45) is 0 Å². The molecule has 0 aliphatic heterocycles. The first-order chi connectivity index (χ1) is 8.73. The number of benzene rings is 1. The topological polar surface area (TPSA) is 57.6 Å². The van der Waals surface area contributed by atoms with Gasteiger partial charge in [0.1, 0.15) is 6.04 Å². The number of alkyl halides is 3. The summed E-state index contributed by atoms with van der Waals surface area (Å²) in [7, 11) is 0. The molecule has 0 spiro atoms. The number of carbonyl (C=O) groups excluding carboxylic acids is 1. The third-order valence-corrected chi connectivity index (χ3v) is 2.48.